The van der Waals surface area contributed by atoms with E-state index in [1.165, 1.54) is 17.7 Å². The zero-order valence-corrected chi connectivity index (χ0v) is 15.6. The fourth-order valence-corrected chi connectivity index (χ4v) is 3.86. The number of hydrogen-bond donors (Lipinski definition) is 2. The smallest absolute Gasteiger partial charge is 0.261 e. The molecule has 0 amide bonds. The summed E-state index contributed by atoms with van der Waals surface area (Å²) >= 11 is 5.87. The van der Waals surface area contributed by atoms with E-state index in [0.717, 1.165) is 18.7 Å². The number of rotatable bonds is 7. The van der Waals surface area contributed by atoms with Crippen LogP contribution in [0.2, 0.25) is 5.02 Å². The van der Waals surface area contributed by atoms with Crippen molar-refractivity contribution in [3.05, 3.63) is 89.4 Å². The van der Waals surface area contributed by atoms with Gasteiger partial charge in [0, 0.05) is 22.9 Å². The molecule has 3 aromatic rings. The number of hydrogen-bond acceptors (Lipinski definition) is 3. The van der Waals surface area contributed by atoms with Gasteiger partial charge in [0.2, 0.25) is 0 Å². The van der Waals surface area contributed by atoms with Crippen LogP contribution in [0, 0.1) is 0 Å². The van der Waals surface area contributed by atoms with Gasteiger partial charge in [0.05, 0.1) is 4.90 Å². The summed E-state index contributed by atoms with van der Waals surface area (Å²) < 4.78 is 27.3. The minimum Gasteiger partial charge on any atom is -0.385 e. The molecule has 0 spiro atoms. The van der Waals surface area contributed by atoms with Crippen LogP contribution in [-0.2, 0) is 16.4 Å². The second-order valence-corrected chi connectivity index (χ2v) is 7.92. The highest BCUT2D eigenvalue weighted by Crippen LogP contribution is 2.20. The molecule has 0 aliphatic carbocycles. The van der Waals surface area contributed by atoms with Gasteiger partial charge in [0.1, 0.15) is 0 Å². The first-order valence-electron chi connectivity index (χ1n) is 8.19. The number of halogens is 1. The molecule has 2 N–H and O–H groups in total. The predicted octanol–water partition coefficient (Wildman–Crippen LogP) is 4.80. The van der Waals surface area contributed by atoms with Crippen LogP contribution in [0.25, 0.3) is 0 Å². The van der Waals surface area contributed by atoms with Crippen LogP contribution in [0.15, 0.2) is 83.8 Å². The molecule has 0 heterocycles. The fraction of sp³-hybridized carbons (Fsp3) is 0.100. The van der Waals surface area contributed by atoms with Gasteiger partial charge in [-0.1, -0.05) is 48.0 Å². The van der Waals surface area contributed by atoms with Gasteiger partial charge in [-0.3, -0.25) is 4.72 Å². The van der Waals surface area contributed by atoms with E-state index in [0.29, 0.717) is 10.7 Å². The highest BCUT2D eigenvalue weighted by atomic mass is 35.5. The Labute approximate surface area is 158 Å². The van der Waals surface area contributed by atoms with Crippen molar-refractivity contribution in [2.24, 2.45) is 0 Å². The monoisotopic (exact) mass is 386 g/mol. The van der Waals surface area contributed by atoms with Crippen LogP contribution in [0.4, 0.5) is 11.4 Å². The van der Waals surface area contributed by atoms with Crippen molar-refractivity contribution in [3.8, 4) is 0 Å². The van der Waals surface area contributed by atoms with E-state index in [4.69, 9.17) is 11.6 Å². The highest BCUT2D eigenvalue weighted by Gasteiger charge is 2.14. The largest absolute Gasteiger partial charge is 0.385 e. The summed E-state index contributed by atoms with van der Waals surface area (Å²) in [5, 5.41) is 3.71. The number of anilines is 2. The highest BCUT2D eigenvalue weighted by molar-refractivity contribution is 7.92. The summed E-state index contributed by atoms with van der Waals surface area (Å²) in [4.78, 5) is 0.134. The van der Waals surface area contributed by atoms with Gasteiger partial charge in [-0.2, -0.15) is 0 Å². The molecule has 0 aliphatic heterocycles. The van der Waals surface area contributed by atoms with Crippen LogP contribution in [0.1, 0.15) is 5.56 Å². The van der Waals surface area contributed by atoms with Crippen molar-refractivity contribution < 1.29 is 8.42 Å². The Morgan fingerprint density at radius 1 is 0.808 bits per heavy atom. The maximum absolute atomic E-state index is 12.4. The molecule has 0 atom stereocenters. The van der Waals surface area contributed by atoms with E-state index in [2.05, 4.69) is 22.2 Å². The lowest BCUT2D eigenvalue weighted by atomic mass is 10.1. The third-order valence-corrected chi connectivity index (χ3v) is 5.44. The molecule has 134 valence electrons. The Morgan fingerprint density at radius 2 is 1.50 bits per heavy atom. The summed E-state index contributed by atoms with van der Waals surface area (Å²) in [6.45, 7) is 0.803. The van der Waals surface area contributed by atoms with E-state index in [1.807, 2.05) is 30.3 Å². The van der Waals surface area contributed by atoms with Gasteiger partial charge < -0.3 is 5.32 Å². The minimum absolute atomic E-state index is 0.134. The van der Waals surface area contributed by atoms with E-state index in [-0.39, 0.29) is 4.90 Å². The van der Waals surface area contributed by atoms with Crippen molar-refractivity contribution in [1.29, 1.82) is 0 Å². The first kappa shape index (κ1) is 18.3. The van der Waals surface area contributed by atoms with Crippen LogP contribution in [-0.4, -0.2) is 15.0 Å². The Hall–Kier alpha value is -2.50. The molecular weight excluding hydrogens is 368 g/mol. The molecule has 4 nitrogen and oxygen atoms in total. The summed E-state index contributed by atoms with van der Waals surface area (Å²) in [5.41, 5.74) is 2.70. The zero-order chi connectivity index (χ0) is 18.4. The van der Waals surface area contributed by atoms with Crippen LogP contribution in [0.5, 0.6) is 0 Å². The molecule has 6 heteroatoms. The lowest BCUT2D eigenvalue weighted by Gasteiger charge is -2.10. The molecule has 0 bridgehead atoms. The molecule has 0 saturated carbocycles. The molecule has 0 aliphatic rings. The number of sulfonamides is 1. The third kappa shape index (κ3) is 5.00. The minimum atomic E-state index is -3.66. The normalized spacial score (nSPS) is 11.1. The standard InChI is InChI=1S/C20H19ClN2O2S/c21-17-7-4-8-20(15-17)26(24,25)23-19-11-9-18(10-12-19)22-14-13-16-5-2-1-3-6-16/h1-12,15,22-23H,13-14H2. The quantitative estimate of drug-likeness (QED) is 0.613. The molecule has 0 unspecified atom stereocenters. The second kappa shape index (κ2) is 8.25. The summed E-state index contributed by atoms with van der Waals surface area (Å²) in [6.07, 6.45) is 0.921. The van der Waals surface area contributed by atoms with Gasteiger partial charge in [-0.25, -0.2) is 8.42 Å². The van der Waals surface area contributed by atoms with Crippen molar-refractivity contribution >= 4 is 33.0 Å². The first-order chi connectivity index (χ1) is 12.5. The first-order valence-corrected chi connectivity index (χ1v) is 10.1. The molecule has 0 aromatic heterocycles. The van der Waals surface area contributed by atoms with Crippen LogP contribution < -0.4 is 10.0 Å². The summed E-state index contributed by atoms with van der Waals surface area (Å²) in [6, 6.07) is 23.6. The lowest BCUT2D eigenvalue weighted by Crippen LogP contribution is -2.13. The third-order valence-electron chi connectivity index (χ3n) is 3.83. The molecule has 3 rings (SSSR count). The number of benzene rings is 3. The van der Waals surface area contributed by atoms with Crippen molar-refractivity contribution in [2.75, 3.05) is 16.6 Å². The molecule has 3 aromatic carbocycles. The Morgan fingerprint density at radius 3 is 2.19 bits per heavy atom. The maximum atomic E-state index is 12.4. The van der Waals surface area contributed by atoms with Crippen LogP contribution >= 0.6 is 11.6 Å². The van der Waals surface area contributed by atoms with Gasteiger partial charge in [0.15, 0.2) is 0 Å². The summed E-state index contributed by atoms with van der Waals surface area (Å²) in [5.74, 6) is 0. The van der Waals surface area contributed by atoms with Gasteiger partial charge >= 0.3 is 0 Å². The van der Waals surface area contributed by atoms with Crippen molar-refractivity contribution in [3.63, 3.8) is 0 Å². The van der Waals surface area contributed by atoms with Gasteiger partial charge in [-0.05, 0) is 54.4 Å². The molecule has 0 saturated heterocycles. The Balaban J connectivity index is 1.59. The molecule has 26 heavy (non-hydrogen) atoms. The average molecular weight is 387 g/mol. The van der Waals surface area contributed by atoms with E-state index in [9.17, 15) is 8.42 Å². The van der Waals surface area contributed by atoms with Crippen molar-refractivity contribution in [2.45, 2.75) is 11.3 Å². The van der Waals surface area contributed by atoms with E-state index >= 15 is 0 Å². The van der Waals surface area contributed by atoms with Gasteiger partial charge in [-0.15, -0.1) is 0 Å². The topological polar surface area (TPSA) is 58.2 Å². The van der Waals surface area contributed by atoms with Crippen molar-refractivity contribution in [1.82, 2.24) is 0 Å². The second-order valence-electron chi connectivity index (χ2n) is 5.80. The maximum Gasteiger partial charge on any atom is 0.261 e. The summed E-state index contributed by atoms with van der Waals surface area (Å²) in [7, 11) is -3.66. The Bertz CT molecular complexity index is 959. The van der Waals surface area contributed by atoms with E-state index < -0.39 is 10.0 Å². The molecule has 0 radical (unpaired) electrons. The Kier molecular flexibility index (Phi) is 5.81. The molecule has 0 fully saturated rings. The predicted molar refractivity (Wildman–Crippen MR) is 107 cm³/mol. The fourth-order valence-electron chi connectivity index (χ4n) is 2.50. The van der Waals surface area contributed by atoms with Gasteiger partial charge in [0.25, 0.3) is 10.0 Å². The average Bonchev–Trinajstić information content (AvgIpc) is 2.64. The zero-order valence-electron chi connectivity index (χ0n) is 14.0. The SMILES string of the molecule is O=S(=O)(Nc1ccc(NCCc2ccccc2)cc1)c1cccc(Cl)c1. The van der Waals surface area contributed by atoms with E-state index in [1.54, 1.807) is 24.3 Å². The van der Waals surface area contributed by atoms with Crippen LogP contribution in [0.3, 0.4) is 0 Å². The molecular formula is C20H19ClN2O2S. The number of nitrogens with one attached hydrogen (secondary N) is 2. The lowest BCUT2D eigenvalue weighted by molar-refractivity contribution is 0.601.